The molecular weight excluding hydrogens is 96.1 g/mol. The summed E-state index contributed by atoms with van der Waals surface area (Å²) in [5, 5.41) is 0. The highest BCUT2D eigenvalue weighted by Gasteiger charge is 2.20. The zero-order chi connectivity index (χ0) is 6.04. The highest BCUT2D eigenvalue weighted by atomic mass is 14.3. The van der Waals surface area contributed by atoms with E-state index in [4.69, 9.17) is 0 Å². The fourth-order valence-electron chi connectivity index (χ4n) is 1.25. The molecule has 1 saturated carbocycles. The first-order valence-electron chi connectivity index (χ1n) is 3.52. The largest absolute Gasteiger partial charge is 0.0599 e. The van der Waals surface area contributed by atoms with Gasteiger partial charge in [0.15, 0.2) is 0 Å². The van der Waals surface area contributed by atoms with Crippen molar-refractivity contribution in [3.05, 3.63) is 6.42 Å². The average molecular weight is 111 g/mol. The summed E-state index contributed by atoms with van der Waals surface area (Å²) in [4.78, 5) is 0. The van der Waals surface area contributed by atoms with E-state index in [1.165, 1.54) is 25.7 Å². The summed E-state index contributed by atoms with van der Waals surface area (Å²) in [6, 6.07) is 0. The molecule has 1 radical (unpaired) electrons. The molecular formula is C8H15. The smallest absolute Gasteiger partial charge is 0.0354 e. The van der Waals surface area contributed by atoms with Crippen LogP contribution < -0.4 is 0 Å². The summed E-state index contributed by atoms with van der Waals surface area (Å²) < 4.78 is 0. The molecule has 0 N–H and O–H groups in total. The minimum Gasteiger partial charge on any atom is -0.0599 e. The van der Waals surface area contributed by atoms with Crippen LogP contribution in [-0.4, -0.2) is 0 Å². The number of hydrogen-bond donors (Lipinski definition) is 0. The lowest BCUT2D eigenvalue weighted by molar-refractivity contribution is 0.276. The molecule has 0 amide bonds. The molecule has 1 fully saturated rings. The summed E-state index contributed by atoms with van der Waals surface area (Å²) in [5.74, 6) is 0. The molecule has 0 heterocycles. The van der Waals surface area contributed by atoms with Gasteiger partial charge in [0.2, 0.25) is 0 Å². The molecule has 0 heteroatoms. The molecule has 0 saturated heterocycles. The van der Waals surface area contributed by atoms with Crippen molar-refractivity contribution in [1.82, 2.24) is 0 Å². The van der Waals surface area contributed by atoms with Crippen molar-refractivity contribution in [3.63, 3.8) is 0 Å². The molecule has 1 aliphatic rings. The lowest BCUT2D eigenvalue weighted by atomic mass is 9.78. The van der Waals surface area contributed by atoms with Crippen LogP contribution in [0, 0.1) is 11.8 Å². The van der Waals surface area contributed by atoms with Gasteiger partial charge in [-0.15, -0.1) is 0 Å². The van der Waals surface area contributed by atoms with Gasteiger partial charge in [-0.05, 0) is 37.5 Å². The van der Waals surface area contributed by atoms with Crippen molar-refractivity contribution < 1.29 is 0 Å². The van der Waals surface area contributed by atoms with Crippen LogP contribution in [0.3, 0.4) is 0 Å². The minimum absolute atomic E-state index is 0.648. The number of hydrogen-bond acceptors (Lipinski definition) is 0. The van der Waals surface area contributed by atoms with Gasteiger partial charge in [0, 0.05) is 0 Å². The van der Waals surface area contributed by atoms with Crippen LogP contribution in [0.4, 0.5) is 0 Å². The third-order valence-corrected chi connectivity index (χ3v) is 2.05. The average Bonchev–Trinajstić information content (AvgIpc) is 1.65. The summed E-state index contributed by atoms with van der Waals surface area (Å²) >= 11 is 0. The standard InChI is InChI=1S/C8H15/c1-8(2)6-4-3-5-7-8/h3H,4-7H2,1-2H3. The van der Waals surface area contributed by atoms with Gasteiger partial charge in [0.05, 0.1) is 0 Å². The SMILES string of the molecule is CC1(C)CC[CH]CC1. The van der Waals surface area contributed by atoms with E-state index in [-0.39, 0.29) is 0 Å². The maximum Gasteiger partial charge on any atom is -0.0354 e. The molecule has 0 aromatic heterocycles. The highest BCUT2D eigenvalue weighted by Crippen LogP contribution is 2.33. The van der Waals surface area contributed by atoms with Crippen molar-refractivity contribution in [2.45, 2.75) is 39.5 Å². The fraction of sp³-hybridized carbons (Fsp3) is 0.875. The van der Waals surface area contributed by atoms with E-state index >= 15 is 0 Å². The molecule has 0 unspecified atom stereocenters. The molecule has 0 nitrogen and oxygen atoms in total. The lowest BCUT2D eigenvalue weighted by Crippen LogP contribution is -2.14. The maximum atomic E-state index is 2.41. The Morgan fingerprint density at radius 1 is 1.12 bits per heavy atom. The first kappa shape index (κ1) is 6.12. The molecule has 0 aromatic carbocycles. The Morgan fingerprint density at radius 2 is 1.62 bits per heavy atom. The van der Waals surface area contributed by atoms with Crippen molar-refractivity contribution in [2.24, 2.45) is 5.41 Å². The van der Waals surface area contributed by atoms with Crippen LogP contribution in [0.1, 0.15) is 39.5 Å². The van der Waals surface area contributed by atoms with Crippen molar-refractivity contribution >= 4 is 0 Å². The van der Waals surface area contributed by atoms with Crippen LogP contribution in [-0.2, 0) is 0 Å². The molecule has 0 spiro atoms. The Bertz CT molecular complexity index is 64.1. The molecule has 47 valence electrons. The Balaban J connectivity index is 2.33. The monoisotopic (exact) mass is 111 g/mol. The van der Waals surface area contributed by atoms with Crippen LogP contribution >= 0.6 is 0 Å². The summed E-state index contributed by atoms with van der Waals surface area (Å²) in [5.41, 5.74) is 0.648. The molecule has 0 aliphatic heterocycles. The second kappa shape index (κ2) is 2.08. The molecule has 0 atom stereocenters. The van der Waals surface area contributed by atoms with Crippen molar-refractivity contribution in [1.29, 1.82) is 0 Å². The van der Waals surface area contributed by atoms with E-state index in [1.54, 1.807) is 0 Å². The van der Waals surface area contributed by atoms with Gasteiger partial charge < -0.3 is 0 Å². The predicted molar refractivity (Wildman–Crippen MR) is 36.5 cm³/mol. The molecule has 0 aromatic rings. The normalized spacial score (nSPS) is 27.8. The first-order valence-corrected chi connectivity index (χ1v) is 3.52. The highest BCUT2D eigenvalue weighted by molar-refractivity contribution is 4.81. The quantitative estimate of drug-likeness (QED) is 0.451. The summed E-state index contributed by atoms with van der Waals surface area (Å²) in [6.45, 7) is 4.72. The van der Waals surface area contributed by atoms with E-state index in [9.17, 15) is 0 Å². The zero-order valence-corrected chi connectivity index (χ0v) is 5.91. The molecule has 1 rings (SSSR count). The van der Waals surface area contributed by atoms with Crippen LogP contribution in [0.2, 0.25) is 0 Å². The lowest BCUT2D eigenvalue weighted by Gasteiger charge is -2.28. The van der Waals surface area contributed by atoms with E-state index in [1.807, 2.05) is 0 Å². The van der Waals surface area contributed by atoms with Gasteiger partial charge in [-0.3, -0.25) is 0 Å². The van der Waals surface area contributed by atoms with Gasteiger partial charge in [-0.2, -0.15) is 0 Å². The molecule has 0 bridgehead atoms. The second-order valence-electron chi connectivity index (χ2n) is 3.53. The number of rotatable bonds is 0. The van der Waals surface area contributed by atoms with E-state index < -0.39 is 0 Å². The van der Waals surface area contributed by atoms with Gasteiger partial charge in [0.25, 0.3) is 0 Å². The van der Waals surface area contributed by atoms with Crippen molar-refractivity contribution in [3.8, 4) is 0 Å². The van der Waals surface area contributed by atoms with Crippen LogP contribution in [0.25, 0.3) is 0 Å². The first-order chi connectivity index (χ1) is 3.71. The third kappa shape index (κ3) is 1.50. The third-order valence-electron chi connectivity index (χ3n) is 2.05. The van der Waals surface area contributed by atoms with E-state index in [2.05, 4.69) is 20.3 Å². The maximum absolute atomic E-state index is 2.41. The Kier molecular flexibility index (Phi) is 1.59. The Morgan fingerprint density at radius 3 is 1.88 bits per heavy atom. The van der Waals surface area contributed by atoms with Gasteiger partial charge in [-0.1, -0.05) is 13.8 Å². The van der Waals surface area contributed by atoms with Crippen LogP contribution in [0.15, 0.2) is 0 Å². The van der Waals surface area contributed by atoms with E-state index in [0.717, 1.165) is 0 Å². The van der Waals surface area contributed by atoms with Gasteiger partial charge >= 0.3 is 0 Å². The van der Waals surface area contributed by atoms with E-state index in [0.29, 0.717) is 5.41 Å². The fourth-order valence-corrected chi connectivity index (χ4v) is 1.25. The topological polar surface area (TPSA) is 0 Å². The summed E-state index contributed by atoms with van der Waals surface area (Å²) in [6.07, 6.45) is 7.88. The van der Waals surface area contributed by atoms with Crippen molar-refractivity contribution in [2.75, 3.05) is 0 Å². The Labute approximate surface area is 52.3 Å². The van der Waals surface area contributed by atoms with Crippen LogP contribution in [0.5, 0.6) is 0 Å². The molecule has 1 aliphatic carbocycles. The second-order valence-corrected chi connectivity index (χ2v) is 3.53. The van der Waals surface area contributed by atoms with Gasteiger partial charge in [0.1, 0.15) is 0 Å². The summed E-state index contributed by atoms with van der Waals surface area (Å²) in [7, 11) is 0. The minimum atomic E-state index is 0.648. The Hall–Kier alpha value is 0. The van der Waals surface area contributed by atoms with Gasteiger partial charge in [-0.25, -0.2) is 0 Å². The zero-order valence-electron chi connectivity index (χ0n) is 5.91. The molecule has 8 heavy (non-hydrogen) atoms. The predicted octanol–water partition coefficient (Wildman–Crippen LogP) is 2.79.